The van der Waals surface area contributed by atoms with E-state index in [-0.39, 0.29) is 11.8 Å². The Morgan fingerprint density at radius 1 is 1.48 bits per heavy atom. The van der Waals surface area contributed by atoms with Crippen LogP contribution in [0.1, 0.15) is 18.2 Å². The monoisotopic (exact) mass is 346 g/mol. The van der Waals surface area contributed by atoms with E-state index in [2.05, 4.69) is 20.3 Å². The second-order valence-electron chi connectivity index (χ2n) is 6.17. The maximum absolute atomic E-state index is 11.2. The third kappa shape index (κ3) is 3.71. The number of pyridine rings is 1. The maximum atomic E-state index is 11.2. The standard InChI is InChI=1S/C16H22N6O3/c1-11-10-21(6-7-25-11)14-5-4-13(8-17-14)9-18-16-15(22(23)24)12(2)19-20(16)3/h4-5,8,11,18H,6-7,9-10H2,1-3H3. The number of morpholine rings is 1. The number of hydrogen-bond acceptors (Lipinski definition) is 7. The zero-order valence-corrected chi connectivity index (χ0v) is 14.6. The van der Waals surface area contributed by atoms with Gasteiger partial charge in [0.2, 0.25) is 5.82 Å². The van der Waals surface area contributed by atoms with E-state index >= 15 is 0 Å². The number of anilines is 2. The summed E-state index contributed by atoms with van der Waals surface area (Å²) in [6.45, 7) is 6.47. The van der Waals surface area contributed by atoms with Crippen molar-refractivity contribution >= 4 is 17.3 Å². The lowest BCUT2D eigenvalue weighted by Gasteiger charge is -2.32. The molecular formula is C16H22N6O3. The number of nitrogens with one attached hydrogen (secondary N) is 1. The molecule has 3 heterocycles. The third-order valence-corrected chi connectivity index (χ3v) is 4.21. The van der Waals surface area contributed by atoms with Crippen LogP contribution in [0.15, 0.2) is 18.3 Å². The van der Waals surface area contributed by atoms with Crippen molar-refractivity contribution in [2.24, 2.45) is 7.05 Å². The van der Waals surface area contributed by atoms with Gasteiger partial charge >= 0.3 is 5.69 Å². The Hall–Kier alpha value is -2.68. The van der Waals surface area contributed by atoms with Crippen LogP contribution in [0, 0.1) is 17.0 Å². The third-order valence-electron chi connectivity index (χ3n) is 4.21. The molecule has 0 spiro atoms. The van der Waals surface area contributed by atoms with Crippen LogP contribution >= 0.6 is 0 Å². The van der Waals surface area contributed by atoms with E-state index in [9.17, 15) is 10.1 Å². The number of nitrogens with zero attached hydrogens (tertiary/aromatic N) is 5. The highest BCUT2D eigenvalue weighted by atomic mass is 16.6. The lowest BCUT2D eigenvalue weighted by atomic mass is 10.2. The number of hydrogen-bond donors (Lipinski definition) is 1. The topological polar surface area (TPSA) is 98.4 Å². The minimum absolute atomic E-state index is 0.00869. The summed E-state index contributed by atoms with van der Waals surface area (Å²) in [5.41, 5.74) is 1.34. The van der Waals surface area contributed by atoms with E-state index in [0.29, 0.717) is 24.7 Å². The molecule has 9 heteroatoms. The zero-order chi connectivity index (χ0) is 18.0. The predicted molar refractivity (Wildman–Crippen MR) is 93.8 cm³/mol. The number of aromatic nitrogens is 3. The molecule has 2 aromatic heterocycles. The van der Waals surface area contributed by atoms with Crippen molar-refractivity contribution in [3.05, 3.63) is 39.7 Å². The Bertz CT molecular complexity index is 758. The smallest absolute Gasteiger partial charge is 0.333 e. The molecule has 3 rings (SSSR count). The van der Waals surface area contributed by atoms with Crippen molar-refractivity contribution in [2.75, 3.05) is 29.9 Å². The fourth-order valence-corrected chi connectivity index (χ4v) is 2.98. The van der Waals surface area contributed by atoms with Crippen molar-refractivity contribution in [3.63, 3.8) is 0 Å². The highest BCUT2D eigenvalue weighted by Crippen LogP contribution is 2.27. The number of nitro groups is 1. The fraction of sp³-hybridized carbons (Fsp3) is 0.500. The summed E-state index contributed by atoms with van der Waals surface area (Å²) in [6.07, 6.45) is 1.99. The first-order valence-electron chi connectivity index (χ1n) is 8.19. The highest BCUT2D eigenvalue weighted by Gasteiger charge is 2.23. The maximum Gasteiger partial charge on any atom is 0.333 e. The van der Waals surface area contributed by atoms with Crippen LogP contribution in [0.2, 0.25) is 0 Å². The molecule has 0 saturated carbocycles. The molecule has 134 valence electrons. The van der Waals surface area contributed by atoms with Crippen molar-refractivity contribution in [3.8, 4) is 0 Å². The average Bonchev–Trinajstić information content (AvgIpc) is 2.87. The minimum atomic E-state index is -0.411. The molecule has 0 aromatic carbocycles. The highest BCUT2D eigenvalue weighted by molar-refractivity contribution is 5.59. The van der Waals surface area contributed by atoms with Gasteiger partial charge in [0, 0.05) is 32.9 Å². The van der Waals surface area contributed by atoms with Gasteiger partial charge in [-0.15, -0.1) is 0 Å². The molecule has 1 fully saturated rings. The summed E-state index contributed by atoms with van der Waals surface area (Å²) in [6, 6.07) is 3.95. The van der Waals surface area contributed by atoms with Gasteiger partial charge in [-0.25, -0.2) is 9.67 Å². The largest absolute Gasteiger partial charge is 0.375 e. The quantitative estimate of drug-likeness (QED) is 0.652. The van der Waals surface area contributed by atoms with Gasteiger partial charge in [0.25, 0.3) is 0 Å². The first kappa shape index (κ1) is 17.2. The van der Waals surface area contributed by atoms with Crippen LogP contribution in [-0.2, 0) is 18.3 Å². The molecule has 2 aromatic rings. The Kier molecular flexibility index (Phi) is 4.84. The summed E-state index contributed by atoms with van der Waals surface area (Å²) in [5, 5.41) is 18.4. The lowest BCUT2D eigenvalue weighted by molar-refractivity contribution is -0.384. The Morgan fingerprint density at radius 2 is 2.28 bits per heavy atom. The van der Waals surface area contributed by atoms with Gasteiger partial charge < -0.3 is 15.0 Å². The van der Waals surface area contributed by atoms with Crippen LogP contribution in [0.4, 0.5) is 17.3 Å². The van der Waals surface area contributed by atoms with Gasteiger partial charge in [0.05, 0.1) is 17.6 Å². The molecule has 1 atom stereocenters. The Morgan fingerprint density at radius 3 is 2.92 bits per heavy atom. The Labute approximate surface area is 145 Å². The van der Waals surface area contributed by atoms with Gasteiger partial charge in [-0.1, -0.05) is 6.07 Å². The SMILES string of the molecule is Cc1nn(C)c(NCc2ccc(N3CCOC(C)C3)nc2)c1[N+](=O)[O-]. The molecule has 0 radical (unpaired) electrons. The van der Waals surface area contributed by atoms with E-state index in [1.165, 1.54) is 4.68 Å². The van der Waals surface area contributed by atoms with Gasteiger partial charge in [-0.2, -0.15) is 5.10 Å². The molecule has 0 amide bonds. The van der Waals surface area contributed by atoms with Crippen molar-refractivity contribution in [1.82, 2.24) is 14.8 Å². The normalized spacial score (nSPS) is 17.6. The van der Waals surface area contributed by atoms with Crippen molar-refractivity contribution in [1.29, 1.82) is 0 Å². The van der Waals surface area contributed by atoms with Crippen LogP contribution in [0.5, 0.6) is 0 Å². The van der Waals surface area contributed by atoms with E-state index in [4.69, 9.17) is 4.74 Å². The first-order valence-corrected chi connectivity index (χ1v) is 8.19. The van der Waals surface area contributed by atoms with Gasteiger partial charge in [0.1, 0.15) is 11.5 Å². The molecule has 0 aliphatic carbocycles. The van der Waals surface area contributed by atoms with Gasteiger partial charge in [-0.05, 0) is 25.5 Å². The lowest BCUT2D eigenvalue weighted by Crippen LogP contribution is -2.41. The van der Waals surface area contributed by atoms with E-state index in [1.54, 1.807) is 20.2 Å². The van der Waals surface area contributed by atoms with E-state index in [1.807, 2.05) is 19.1 Å². The van der Waals surface area contributed by atoms with Crippen molar-refractivity contribution < 1.29 is 9.66 Å². The summed E-state index contributed by atoms with van der Waals surface area (Å²) >= 11 is 0. The summed E-state index contributed by atoms with van der Waals surface area (Å²) in [5.74, 6) is 1.31. The number of ether oxygens (including phenoxy) is 1. The second-order valence-corrected chi connectivity index (χ2v) is 6.17. The molecule has 9 nitrogen and oxygen atoms in total. The van der Waals surface area contributed by atoms with Gasteiger partial charge in [0.15, 0.2) is 0 Å². The zero-order valence-electron chi connectivity index (χ0n) is 14.6. The first-order chi connectivity index (χ1) is 12.0. The van der Waals surface area contributed by atoms with Crippen LogP contribution in [0.25, 0.3) is 0 Å². The van der Waals surface area contributed by atoms with Crippen molar-refractivity contribution in [2.45, 2.75) is 26.5 Å². The second kappa shape index (κ2) is 7.06. The molecule has 1 aliphatic rings. The number of aryl methyl sites for hydroxylation is 2. The van der Waals surface area contributed by atoms with Gasteiger partial charge in [-0.3, -0.25) is 10.1 Å². The summed E-state index contributed by atoms with van der Waals surface area (Å²) < 4.78 is 7.03. The molecule has 1 unspecified atom stereocenters. The minimum Gasteiger partial charge on any atom is -0.375 e. The van der Waals surface area contributed by atoms with E-state index < -0.39 is 4.92 Å². The molecule has 25 heavy (non-hydrogen) atoms. The molecular weight excluding hydrogens is 324 g/mol. The van der Waals surface area contributed by atoms with Crippen LogP contribution in [-0.4, -0.2) is 45.5 Å². The van der Waals surface area contributed by atoms with Crippen LogP contribution < -0.4 is 10.2 Å². The van der Waals surface area contributed by atoms with E-state index in [0.717, 1.165) is 24.5 Å². The Balaban J connectivity index is 1.68. The average molecular weight is 346 g/mol. The summed E-state index contributed by atoms with van der Waals surface area (Å²) in [4.78, 5) is 17.5. The molecule has 1 saturated heterocycles. The van der Waals surface area contributed by atoms with Crippen LogP contribution in [0.3, 0.4) is 0 Å². The molecule has 0 bridgehead atoms. The molecule has 1 N–H and O–H groups in total. The predicted octanol–water partition coefficient (Wildman–Crippen LogP) is 1.87. The molecule has 1 aliphatic heterocycles. The number of rotatable bonds is 5. The summed E-state index contributed by atoms with van der Waals surface area (Å²) in [7, 11) is 1.68. The fourth-order valence-electron chi connectivity index (χ4n) is 2.98.